The zero-order valence-corrected chi connectivity index (χ0v) is 11.3. The molecule has 1 aromatic rings. The standard InChI is InChI=1S/C10H13IN2O3/c1-3-16-9-7(5-12-10(11)15)8(14)4-6(2)13-9/h4H,3,5H2,1-2H3,(H,12,15)(H,13,14). The molecule has 0 saturated carbocycles. The van der Waals surface area contributed by atoms with Gasteiger partial charge in [0, 0.05) is 34.4 Å². The van der Waals surface area contributed by atoms with Crippen LogP contribution < -0.4 is 15.5 Å². The molecule has 0 aliphatic heterocycles. The van der Waals surface area contributed by atoms with Crippen LogP contribution in [0.5, 0.6) is 5.88 Å². The third-order valence-corrected chi connectivity index (χ3v) is 2.30. The highest BCUT2D eigenvalue weighted by molar-refractivity contribution is 14.1. The predicted octanol–water partition coefficient (Wildman–Crippen LogP) is 1.73. The Bertz CT molecular complexity index is 442. The van der Waals surface area contributed by atoms with Crippen LogP contribution in [0, 0.1) is 6.92 Å². The van der Waals surface area contributed by atoms with Crippen LogP contribution in [-0.4, -0.2) is 15.5 Å². The molecule has 0 spiro atoms. The fourth-order valence-electron chi connectivity index (χ4n) is 1.28. The summed E-state index contributed by atoms with van der Waals surface area (Å²) in [7, 11) is 0. The average Bonchev–Trinajstić information content (AvgIpc) is 2.16. The van der Waals surface area contributed by atoms with Crippen LogP contribution in [0.3, 0.4) is 0 Å². The van der Waals surface area contributed by atoms with E-state index in [0.29, 0.717) is 18.1 Å². The second-order valence-electron chi connectivity index (χ2n) is 3.18. The molecule has 0 atom stereocenters. The zero-order valence-electron chi connectivity index (χ0n) is 9.09. The molecular formula is C10H13IN2O3. The summed E-state index contributed by atoms with van der Waals surface area (Å²) in [5, 5.41) is 2.57. The van der Waals surface area contributed by atoms with Crippen LogP contribution >= 0.6 is 22.6 Å². The number of rotatable bonds is 4. The van der Waals surface area contributed by atoms with Crippen LogP contribution in [-0.2, 0) is 6.54 Å². The smallest absolute Gasteiger partial charge is 0.280 e. The van der Waals surface area contributed by atoms with Gasteiger partial charge in [0.05, 0.1) is 18.7 Å². The van der Waals surface area contributed by atoms with E-state index in [9.17, 15) is 9.59 Å². The quantitative estimate of drug-likeness (QED) is 0.500. The minimum atomic E-state index is -0.208. The van der Waals surface area contributed by atoms with E-state index in [2.05, 4.69) is 10.3 Å². The lowest BCUT2D eigenvalue weighted by Crippen LogP contribution is -2.22. The number of hydrogen-bond donors (Lipinski definition) is 2. The number of hydrogen-bond acceptors (Lipinski definition) is 3. The van der Waals surface area contributed by atoms with E-state index < -0.39 is 0 Å². The Hall–Kier alpha value is -1.05. The molecule has 0 saturated heterocycles. The average molecular weight is 336 g/mol. The summed E-state index contributed by atoms with van der Waals surface area (Å²) < 4.78 is 5.11. The highest BCUT2D eigenvalue weighted by Gasteiger charge is 2.10. The number of H-pyrrole nitrogens is 1. The van der Waals surface area contributed by atoms with Crippen molar-refractivity contribution in [3.05, 3.63) is 27.5 Å². The highest BCUT2D eigenvalue weighted by Crippen LogP contribution is 2.12. The largest absolute Gasteiger partial charge is 0.479 e. The van der Waals surface area contributed by atoms with Gasteiger partial charge >= 0.3 is 0 Å². The Morgan fingerprint density at radius 1 is 1.62 bits per heavy atom. The summed E-state index contributed by atoms with van der Waals surface area (Å²) in [6.45, 7) is 4.25. The number of pyridine rings is 1. The van der Waals surface area contributed by atoms with Gasteiger partial charge in [-0.2, -0.15) is 0 Å². The number of carbonyl (C=O) groups excluding carboxylic acids is 1. The maximum atomic E-state index is 11.7. The van der Waals surface area contributed by atoms with Gasteiger partial charge in [0.2, 0.25) is 0 Å². The van der Waals surface area contributed by atoms with Crippen molar-refractivity contribution in [3.8, 4) is 5.88 Å². The molecule has 0 fully saturated rings. The Morgan fingerprint density at radius 2 is 2.31 bits per heavy atom. The van der Waals surface area contributed by atoms with Gasteiger partial charge in [-0.1, -0.05) is 0 Å². The van der Waals surface area contributed by atoms with Crippen LogP contribution in [0.2, 0.25) is 0 Å². The van der Waals surface area contributed by atoms with Crippen molar-refractivity contribution in [2.45, 2.75) is 20.4 Å². The van der Waals surface area contributed by atoms with Crippen molar-refractivity contribution in [1.82, 2.24) is 10.3 Å². The van der Waals surface area contributed by atoms with Crippen molar-refractivity contribution >= 4 is 26.5 Å². The molecule has 1 rings (SSSR count). The molecule has 1 aromatic heterocycles. The van der Waals surface area contributed by atoms with Crippen LogP contribution in [0.4, 0.5) is 4.79 Å². The Morgan fingerprint density at radius 3 is 2.88 bits per heavy atom. The van der Waals surface area contributed by atoms with E-state index in [4.69, 9.17) is 4.74 Å². The summed E-state index contributed by atoms with van der Waals surface area (Å²) in [6.07, 6.45) is 0. The van der Waals surface area contributed by atoms with E-state index >= 15 is 0 Å². The molecule has 1 amide bonds. The highest BCUT2D eigenvalue weighted by atomic mass is 127. The number of aromatic amines is 1. The van der Waals surface area contributed by atoms with Crippen molar-refractivity contribution in [2.75, 3.05) is 6.61 Å². The number of aromatic nitrogens is 1. The lowest BCUT2D eigenvalue weighted by Gasteiger charge is -2.10. The van der Waals surface area contributed by atoms with Crippen molar-refractivity contribution in [3.63, 3.8) is 0 Å². The number of aryl methyl sites for hydroxylation is 1. The minimum Gasteiger partial charge on any atom is -0.479 e. The molecule has 0 aliphatic rings. The molecule has 0 bridgehead atoms. The SMILES string of the molecule is CCOc1[nH]c(C)cc(=O)c1CNC(=O)I. The van der Waals surface area contributed by atoms with Crippen molar-refractivity contribution in [2.24, 2.45) is 0 Å². The molecule has 0 radical (unpaired) electrons. The van der Waals surface area contributed by atoms with E-state index in [-0.39, 0.29) is 15.9 Å². The number of carbonyl (C=O) groups is 1. The Balaban J connectivity index is 3.03. The summed E-state index contributed by atoms with van der Waals surface area (Å²) in [4.78, 5) is 25.4. The number of halogens is 1. The molecule has 6 heteroatoms. The molecule has 88 valence electrons. The fourth-order valence-corrected chi connectivity index (χ4v) is 1.47. The van der Waals surface area contributed by atoms with Gasteiger partial charge in [0.1, 0.15) is 0 Å². The van der Waals surface area contributed by atoms with Crippen molar-refractivity contribution < 1.29 is 9.53 Å². The lowest BCUT2D eigenvalue weighted by molar-refractivity contribution is 0.262. The second kappa shape index (κ2) is 5.88. The van der Waals surface area contributed by atoms with E-state index in [1.54, 1.807) is 29.5 Å². The monoisotopic (exact) mass is 336 g/mol. The van der Waals surface area contributed by atoms with E-state index in [1.165, 1.54) is 6.07 Å². The summed E-state index contributed by atoms with van der Waals surface area (Å²) in [6, 6.07) is 1.48. The molecule has 5 nitrogen and oxygen atoms in total. The Kier molecular flexibility index (Phi) is 4.78. The predicted molar refractivity (Wildman–Crippen MR) is 69.2 cm³/mol. The van der Waals surface area contributed by atoms with E-state index in [0.717, 1.165) is 5.69 Å². The zero-order chi connectivity index (χ0) is 12.1. The molecule has 2 N–H and O–H groups in total. The molecule has 0 aromatic carbocycles. The summed E-state index contributed by atoms with van der Waals surface area (Å²) in [5.74, 6) is 0.428. The van der Waals surface area contributed by atoms with Gasteiger partial charge in [0.15, 0.2) is 11.3 Å². The second-order valence-corrected chi connectivity index (χ2v) is 4.16. The van der Waals surface area contributed by atoms with Gasteiger partial charge in [-0.05, 0) is 13.8 Å². The van der Waals surface area contributed by atoms with Gasteiger partial charge in [-0.3, -0.25) is 9.59 Å². The van der Waals surface area contributed by atoms with Gasteiger partial charge in [-0.25, -0.2) is 0 Å². The fraction of sp³-hybridized carbons (Fsp3) is 0.400. The van der Waals surface area contributed by atoms with Crippen molar-refractivity contribution in [1.29, 1.82) is 0 Å². The third-order valence-electron chi connectivity index (χ3n) is 1.92. The molecule has 0 unspecified atom stereocenters. The number of amides is 1. The maximum Gasteiger partial charge on any atom is 0.280 e. The van der Waals surface area contributed by atoms with Gasteiger partial charge in [-0.15, -0.1) is 0 Å². The minimum absolute atomic E-state index is 0.134. The van der Waals surface area contributed by atoms with E-state index in [1.807, 2.05) is 6.92 Å². The van der Waals surface area contributed by atoms with Crippen LogP contribution in [0.1, 0.15) is 18.2 Å². The number of nitrogens with one attached hydrogen (secondary N) is 2. The van der Waals surface area contributed by atoms with Crippen LogP contribution in [0.25, 0.3) is 0 Å². The first-order valence-corrected chi connectivity index (χ1v) is 5.91. The third kappa shape index (κ3) is 3.51. The first-order chi connectivity index (χ1) is 7.54. The van der Waals surface area contributed by atoms with Gasteiger partial charge < -0.3 is 15.0 Å². The first-order valence-electron chi connectivity index (χ1n) is 4.83. The van der Waals surface area contributed by atoms with Crippen LogP contribution in [0.15, 0.2) is 10.9 Å². The lowest BCUT2D eigenvalue weighted by atomic mass is 10.2. The molecule has 0 aliphatic carbocycles. The maximum absolute atomic E-state index is 11.7. The molecule has 16 heavy (non-hydrogen) atoms. The molecular weight excluding hydrogens is 323 g/mol. The Labute approximate surface area is 107 Å². The summed E-state index contributed by atoms with van der Waals surface area (Å²) in [5.41, 5.74) is 1.04. The number of ether oxygens (including phenoxy) is 1. The van der Waals surface area contributed by atoms with Gasteiger partial charge in [0.25, 0.3) is 3.91 Å². The topological polar surface area (TPSA) is 71.2 Å². The molecule has 1 heterocycles. The first kappa shape index (κ1) is 13.0. The summed E-state index contributed by atoms with van der Waals surface area (Å²) >= 11 is 1.62. The normalized spacial score (nSPS) is 9.94.